The number of unbranched alkanes of at least 4 members (excludes halogenated alkanes) is 1. The van der Waals surface area contributed by atoms with Gasteiger partial charge in [-0.15, -0.1) is 0 Å². The third-order valence-electron chi connectivity index (χ3n) is 4.85. The fourth-order valence-corrected chi connectivity index (χ4v) is 4.04. The highest BCUT2D eigenvalue weighted by Crippen LogP contribution is 2.16. The second-order valence-electron chi connectivity index (χ2n) is 7.86. The molecule has 0 bridgehead atoms. The largest absolute Gasteiger partial charge is 0.464 e. The van der Waals surface area contributed by atoms with Gasteiger partial charge in [0.2, 0.25) is 5.95 Å². The third kappa shape index (κ3) is 8.26. The Kier molecular flexibility index (Phi) is 9.24. The highest BCUT2D eigenvalue weighted by atomic mass is 32.2. The molecule has 31 heavy (non-hydrogen) atoms. The summed E-state index contributed by atoms with van der Waals surface area (Å²) in [4.78, 5) is 21.6. The van der Waals surface area contributed by atoms with Gasteiger partial charge in [0.1, 0.15) is 11.5 Å². The summed E-state index contributed by atoms with van der Waals surface area (Å²) in [6.45, 7) is 1.55. The molecule has 0 radical (unpaired) electrons. The Morgan fingerprint density at radius 1 is 1.06 bits per heavy atom. The molecular weight excluding hydrogens is 408 g/mol. The summed E-state index contributed by atoms with van der Waals surface area (Å²) in [5, 5.41) is 3.19. The van der Waals surface area contributed by atoms with Crippen LogP contribution in [0.15, 0.2) is 57.9 Å². The molecule has 3 rings (SSSR count). The summed E-state index contributed by atoms with van der Waals surface area (Å²) in [5.41, 5.74) is 2.04. The zero-order valence-corrected chi connectivity index (χ0v) is 19.2. The lowest BCUT2D eigenvalue weighted by Gasteiger charge is -2.07. The monoisotopic (exact) mass is 440 g/mol. The first-order valence-corrected chi connectivity index (χ1v) is 11.9. The summed E-state index contributed by atoms with van der Waals surface area (Å²) < 4.78 is 5.81. The van der Waals surface area contributed by atoms with Crippen molar-refractivity contribution in [3.63, 3.8) is 0 Å². The minimum absolute atomic E-state index is 0.0473. The number of aromatic nitrogens is 2. The molecule has 6 nitrogen and oxygen atoms in total. The Balaban J connectivity index is 1.32. The number of furan rings is 1. The Morgan fingerprint density at radius 3 is 2.61 bits per heavy atom. The number of rotatable bonds is 13. The number of nitrogens with one attached hydrogen (secondary N) is 2. The number of hydrogen-bond donors (Lipinski definition) is 2. The molecule has 0 saturated carbocycles. The van der Waals surface area contributed by atoms with E-state index >= 15 is 0 Å². The van der Waals surface area contributed by atoms with E-state index in [4.69, 9.17) is 4.42 Å². The van der Waals surface area contributed by atoms with Crippen LogP contribution in [0, 0.1) is 0 Å². The number of aromatic amines is 1. The Labute approximate surface area is 188 Å². The van der Waals surface area contributed by atoms with Crippen LogP contribution in [0.2, 0.25) is 0 Å². The predicted molar refractivity (Wildman–Crippen MR) is 129 cm³/mol. The minimum Gasteiger partial charge on any atom is -0.464 e. The molecule has 3 aromatic rings. The summed E-state index contributed by atoms with van der Waals surface area (Å²) in [6.07, 6.45) is 5.54. The maximum atomic E-state index is 12.3. The SMILES string of the molecule is CN(C)Cc1ccc(CSCCNc2ncc(CCCCc3ccccc3)c(=O)[nH]2)o1. The lowest BCUT2D eigenvalue weighted by molar-refractivity contribution is 0.344. The molecule has 0 spiro atoms. The van der Waals surface area contributed by atoms with Crippen molar-refractivity contribution < 1.29 is 4.42 Å². The van der Waals surface area contributed by atoms with E-state index < -0.39 is 0 Å². The number of anilines is 1. The van der Waals surface area contributed by atoms with Crippen molar-refractivity contribution in [2.45, 2.75) is 38.0 Å². The van der Waals surface area contributed by atoms with E-state index in [0.717, 1.165) is 67.4 Å². The van der Waals surface area contributed by atoms with Gasteiger partial charge in [0.15, 0.2) is 0 Å². The van der Waals surface area contributed by atoms with E-state index in [1.54, 1.807) is 18.0 Å². The van der Waals surface area contributed by atoms with Gasteiger partial charge in [0.05, 0.1) is 12.3 Å². The van der Waals surface area contributed by atoms with Crippen molar-refractivity contribution >= 4 is 17.7 Å². The average molecular weight is 441 g/mol. The van der Waals surface area contributed by atoms with E-state index in [1.165, 1.54) is 5.56 Å². The lowest BCUT2D eigenvalue weighted by Crippen LogP contribution is -2.18. The molecule has 0 unspecified atom stereocenters. The Bertz CT molecular complexity index is 969. The molecule has 0 aliphatic heterocycles. The first-order valence-electron chi connectivity index (χ1n) is 10.8. The maximum Gasteiger partial charge on any atom is 0.255 e. The van der Waals surface area contributed by atoms with Crippen LogP contribution in [0.1, 0.15) is 35.5 Å². The average Bonchev–Trinajstić information content (AvgIpc) is 3.19. The second-order valence-corrected chi connectivity index (χ2v) is 8.97. The lowest BCUT2D eigenvalue weighted by atomic mass is 10.1. The van der Waals surface area contributed by atoms with Crippen molar-refractivity contribution in [2.24, 2.45) is 0 Å². The summed E-state index contributed by atoms with van der Waals surface area (Å²) in [7, 11) is 4.05. The topological polar surface area (TPSA) is 74.2 Å². The van der Waals surface area contributed by atoms with Crippen LogP contribution >= 0.6 is 11.8 Å². The maximum absolute atomic E-state index is 12.3. The second kappa shape index (κ2) is 12.4. The van der Waals surface area contributed by atoms with Gasteiger partial charge < -0.3 is 14.6 Å². The first-order chi connectivity index (χ1) is 15.1. The van der Waals surface area contributed by atoms with Crippen LogP contribution in [-0.4, -0.2) is 41.3 Å². The number of H-pyrrole nitrogens is 1. The predicted octanol–water partition coefficient (Wildman–Crippen LogP) is 4.34. The molecule has 0 aliphatic rings. The zero-order chi connectivity index (χ0) is 21.9. The zero-order valence-electron chi connectivity index (χ0n) is 18.4. The summed E-state index contributed by atoms with van der Waals surface area (Å²) in [6, 6.07) is 14.5. The highest BCUT2D eigenvalue weighted by molar-refractivity contribution is 7.98. The fraction of sp³-hybridized carbons (Fsp3) is 0.417. The van der Waals surface area contributed by atoms with Gasteiger partial charge in [0, 0.05) is 24.1 Å². The summed E-state index contributed by atoms with van der Waals surface area (Å²) >= 11 is 1.79. The van der Waals surface area contributed by atoms with Crippen molar-refractivity contribution in [3.8, 4) is 0 Å². The van der Waals surface area contributed by atoms with Crippen molar-refractivity contribution in [1.29, 1.82) is 0 Å². The van der Waals surface area contributed by atoms with Gasteiger partial charge in [0.25, 0.3) is 5.56 Å². The molecule has 2 aromatic heterocycles. The van der Waals surface area contributed by atoms with E-state index in [1.807, 2.05) is 32.3 Å². The molecule has 0 saturated heterocycles. The molecule has 2 N–H and O–H groups in total. The standard InChI is InChI=1S/C24H32N4O2S/c1-28(2)17-21-12-13-22(30-21)18-31-15-14-25-24-26-16-20(23(29)27-24)11-7-6-10-19-8-4-3-5-9-19/h3-5,8-9,12-13,16H,6-7,10-11,14-15,17-18H2,1-2H3,(H2,25,26,27,29). The van der Waals surface area contributed by atoms with Gasteiger partial charge in [-0.25, -0.2) is 4.98 Å². The van der Waals surface area contributed by atoms with Crippen molar-refractivity contribution in [1.82, 2.24) is 14.9 Å². The molecule has 2 heterocycles. The number of aryl methyl sites for hydroxylation is 2. The van der Waals surface area contributed by atoms with Gasteiger partial charge >= 0.3 is 0 Å². The molecule has 0 fully saturated rings. The number of hydrogen-bond acceptors (Lipinski definition) is 6. The fourth-order valence-electron chi connectivity index (χ4n) is 3.29. The van der Waals surface area contributed by atoms with Gasteiger partial charge in [-0.05, 0) is 57.5 Å². The van der Waals surface area contributed by atoms with Gasteiger partial charge in [-0.1, -0.05) is 30.3 Å². The third-order valence-corrected chi connectivity index (χ3v) is 5.83. The number of thioether (sulfide) groups is 1. The number of benzene rings is 1. The van der Waals surface area contributed by atoms with Crippen LogP contribution in [0.25, 0.3) is 0 Å². The van der Waals surface area contributed by atoms with Gasteiger partial charge in [-0.2, -0.15) is 11.8 Å². The summed E-state index contributed by atoms with van der Waals surface area (Å²) in [5.74, 6) is 4.24. The van der Waals surface area contributed by atoms with E-state index in [-0.39, 0.29) is 5.56 Å². The van der Waals surface area contributed by atoms with E-state index in [2.05, 4.69) is 44.5 Å². The molecule has 7 heteroatoms. The Hall–Kier alpha value is -2.51. The molecule has 0 atom stereocenters. The first kappa shape index (κ1) is 23.2. The normalized spacial score (nSPS) is 11.2. The minimum atomic E-state index is -0.0473. The molecule has 0 aliphatic carbocycles. The molecule has 166 valence electrons. The van der Waals surface area contributed by atoms with Gasteiger partial charge in [-0.3, -0.25) is 9.78 Å². The van der Waals surface area contributed by atoms with Crippen molar-refractivity contribution in [2.75, 3.05) is 31.7 Å². The van der Waals surface area contributed by atoms with Crippen molar-refractivity contribution in [3.05, 3.63) is 81.7 Å². The van der Waals surface area contributed by atoms with Crippen LogP contribution in [-0.2, 0) is 25.1 Å². The van der Waals surface area contributed by atoms with Crippen LogP contribution in [0.3, 0.4) is 0 Å². The molecular formula is C24H32N4O2S. The highest BCUT2D eigenvalue weighted by Gasteiger charge is 2.05. The molecule has 1 aromatic carbocycles. The quantitative estimate of drug-likeness (QED) is 0.385. The Morgan fingerprint density at radius 2 is 1.84 bits per heavy atom. The number of nitrogens with zero attached hydrogens (tertiary/aromatic N) is 2. The van der Waals surface area contributed by atoms with Crippen LogP contribution in [0.5, 0.6) is 0 Å². The smallest absolute Gasteiger partial charge is 0.255 e. The van der Waals surface area contributed by atoms with E-state index in [9.17, 15) is 4.79 Å². The van der Waals surface area contributed by atoms with E-state index in [0.29, 0.717) is 5.95 Å². The van der Waals surface area contributed by atoms with Crippen LogP contribution in [0.4, 0.5) is 5.95 Å². The van der Waals surface area contributed by atoms with Crippen LogP contribution < -0.4 is 10.9 Å². The molecule has 0 amide bonds.